The largest absolute Gasteiger partial charge is 0.337 e. The van der Waals surface area contributed by atoms with Crippen LogP contribution in [0.5, 0.6) is 0 Å². The van der Waals surface area contributed by atoms with Crippen molar-refractivity contribution in [1.29, 1.82) is 5.26 Å². The van der Waals surface area contributed by atoms with Gasteiger partial charge in [-0.1, -0.05) is 61.4 Å². The van der Waals surface area contributed by atoms with Crippen molar-refractivity contribution in [1.82, 2.24) is 20.1 Å². The lowest BCUT2D eigenvalue weighted by molar-refractivity contribution is -0.120. The van der Waals surface area contributed by atoms with Gasteiger partial charge in [0.15, 0.2) is 5.16 Å². The third-order valence-corrected chi connectivity index (χ3v) is 5.78. The van der Waals surface area contributed by atoms with Crippen molar-refractivity contribution in [2.75, 3.05) is 5.75 Å². The molecule has 0 bridgehead atoms. The molecule has 2 aromatic rings. The summed E-state index contributed by atoms with van der Waals surface area (Å²) in [5.41, 5.74) is 0.486. The van der Waals surface area contributed by atoms with Crippen molar-refractivity contribution in [2.45, 2.75) is 49.2 Å². The minimum absolute atomic E-state index is 0.119. The van der Waals surface area contributed by atoms with E-state index in [0.717, 1.165) is 37.9 Å². The Hall–Kier alpha value is -2.33. The Morgan fingerprint density at radius 3 is 2.69 bits per heavy atom. The van der Waals surface area contributed by atoms with Crippen LogP contribution >= 0.6 is 11.8 Å². The maximum Gasteiger partial charge on any atom is 0.231 e. The Labute approximate surface area is 158 Å². The van der Waals surface area contributed by atoms with Crippen molar-refractivity contribution >= 4 is 17.7 Å². The predicted octanol–water partition coefficient (Wildman–Crippen LogP) is 2.84. The molecule has 1 aromatic heterocycles. The minimum Gasteiger partial charge on any atom is -0.337 e. The lowest BCUT2D eigenvalue weighted by atomic mass is 9.83. The van der Waals surface area contributed by atoms with Crippen LogP contribution in [0.2, 0.25) is 0 Å². The maximum absolute atomic E-state index is 12.3. The second-order valence-corrected chi connectivity index (χ2v) is 7.65. The smallest absolute Gasteiger partial charge is 0.231 e. The first kappa shape index (κ1) is 18.5. The van der Waals surface area contributed by atoms with Crippen molar-refractivity contribution < 1.29 is 4.79 Å². The molecule has 0 radical (unpaired) electrons. The van der Waals surface area contributed by atoms with Gasteiger partial charge in [-0.05, 0) is 18.4 Å². The van der Waals surface area contributed by atoms with Crippen LogP contribution in [0.3, 0.4) is 0 Å². The molecular weight excluding hydrogens is 346 g/mol. The van der Waals surface area contributed by atoms with E-state index in [4.69, 9.17) is 0 Å². The molecular formula is C19H23N5OS. The average Bonchev–Trinajstić information content (AvgIpc) is 3.01. The van der Waals surface area contributed by atoms with Gasteiger partial charge in [-0.15, -0.1) is 10.2 Å². The standard InChI is InChI=1S/C19H23N5OS/c1-24-16(12-15-8-4-2-5-9-15)22-23-18(24)26-13-17(25)21-19(14-20)10-6-3-7-11-19/h2,4-5,8-9H,3,6-7,10-13H2,1H3,(H,21,25). The van der Waals surface area contributed by atoms with E-state index >= 15 is 0 Å². The van der Waals surface area contributed by atoms with Crippen molar-refractivity contribution in [3.8, 4) is 6.07 Å². The Bertz CT molecular complexity index is 790. The molecule has 3 rings (SSSR count). The first-order valence-electron chi connectivity index (χ1n) is 8.89. The van der Waals surface area contributed by atoms with Gasteiger partial charge in [0.2, 0.25) is 5.91 Å². The van der Waals surface area contributed by atoms with Crippen molar-refractivity contribution in [3.05, 3.63) is 41.7 Å². The third-order valence-electron chi connectivity index (χ3n) is 4.76. The number of nitrogens with one attached hydrogen (secondary N) is 1. The van der Waals surface area contributed by atoms with Gasteiger partial charge in [0, 0.05) is 13.5 Å². The number of amides is 1. The summed E-state index contributed by atoms with van der Waals surface area (Å²) < 4.78 is 1.92. The Kier molecular flexibility index (Phi) is 5.94. The van der Waals surface area contributed by atoms with Crippen LogP contribution in [0.15, 0.2) is 35.5 Å². The fourth-order valence-electron chi connectivity index (χ4n) is 3.26. The van der Waals surface area contributed by atoms with Gasteiger partial charge in [-0.2, -0.15) is 5.26 Å². The molecule has 7 heteroatoms. The molecule has 0 aliphatic heterocycles. The number of hydrogen-bond acceptors (Lipinski definition) is 5. The minimum atomic E-state index is -0.686. The zero-order chi connectivity index (χ0) is 18.4. The normalized spacial score (nSPS) is 16.0. The van der Waals surface area contributed by atoms with E-state index < -0.39 is 5.54 Å². The van der Waals surface area contributed by atoms with Crippen LogP contribution in [0.1, 0.15) is 43.5 Å². The van der Waals surface area contributed by atoms with Gasteiger partial charge in [0.05, 0.1) is 11.8 Å². The number of carbonyl (C=O) groups is 1. The second kappa shape index (κ2) is 8.37. The Morgan fingerprint density at radius 2 is 2.00 bits per heavy atom. The molecule has 136 valence electrons. The molecule has 0 spiro atoms. The quantitative estimate of drug-likeness (QED) is 0.792. The van der Waals surface area contributed by atoms with E-state index in [2.05, 4.69) is 33.7 Å². The topological polar surface area (TPSA) is 83.6 Å². The molecule has 1 amide bonds. The lowest BCUT2D eigenvalue weighted by Gasteiger charge is -2.31. The summed E-state index contributed by atoms with van der Waals surface area (Å²) >= 11 is 1.35. The number of carbonyl (C=O) groups excluding carboxylic acids is 1. The van der Waals surface area contributed by atoms with Crippen molar-refractivity contribution in [2.24, 2.45) is 7.05 Å². The molecule has 1 fully saturated rings. The molecule has 0 saturated heterocycles. The summed E-state index contributed by atoms with van der Waals surface area (Å²) in [5, 5.41) is 21.6. The highest BCUT2D eigenvalue weighted by Gasteiger charge is 2.33. The molecule has 1 heterocycles. The van der Waals surface area contributed by atoms with Crippen LogP contribution in [-0.4, -0.2) is 32.0 Å². The van der Waals surface area contributed by atoms with E-state index in [1.807, 2.05) is 29.8 Å². The molecule has 1 N–H and O–H groups in total. The number of nitriles is 1. The highest BCUT2D eigenvalue weighted by Crippen LogP contribution is 2.28. The summed E-state index contributed by atoms with van der Waals surface area (Å²) in [6.45, 7) is 0. The van der Waals surface area contributed by atoms with Crippen LogP contribution < -0.4 is 5.32 Å². The van der Waals surface area contributed by atoms with Crippen molar-refractivity contribution in [3.63, 3.8) is 0 Å². The number of benzene rings is 1. The van der Waals surface area contributed by atoms with Gasteiger partial charge in [-0.3, -0.25) is 4.79 Å². The summed E-state index contributed by atoms with van der Waals surface area (Å²) in [4.78, 5) is 12.3. The molecule has 6 nitrogen and oxygen atoms in total. The van der Waals surface area contributed by atoms with Crippen LogP contribution in [0, 0.1) is 11.3 Å². The monoisotopic (exact) mass is 369 g/mol. The molecule has 0 unspecified atom stereocenters. The summed E-state index contributed by atoms with van der Waals surface area (Å²) in [7, 11) is 1.91. The van der Waals surface area contributed by atoms with Crippen LogP contribution in [-0.2, 0) is 18.3 Å². The van der Waals surface area contributed by atoms with Gasteiger partial charge in [0.1, 0.15) is 11.4 Å². The first-order chi connectivity index (χ1) is 12.6. The third kappa shape index (κ3) is 4.44. The van der Waals surface area contributed by atoms with Crippen LogP contribution in [0.25, 0.3) is 0 Å². The number of thioether (sulfide) groups is 1. The second-order valence-electron chi connectivity index (χ2n) is 6.71. The molecule has 1 aliphatic carbocycles. The SMILES string of the molecule is Cn1c(Cc2ccccc2)nnc1SCC(=O)NC1(C#N)CCCCC1. The number of rotatable bonds is 6. The molecule has 1 aliphatic rings. The van der Waals surface area contributed by atoms with E-state index in [9.17, 15) is 10.1 Å². The Morgan fingerprint density at radius 1 is 1.27 bits per heavy atom. The number of aromatic nitrogens is 3. The van der Waals surface area contributed by atoms with Gasteiger partial charge in [-0.25, -0.2) is 0 Å². The summed E-state index contributed by atoms with van der Waals surface area (Å²) in [5.74, 6) is 0.978. The molecule has 26 heavy (non-hydrogen) atoms. The highest BCUT2D eigenvalue weighted by molar-refractivity contribution is 7.99. The van der Waals surface area contributed by atoms with E-state index in [0.29, 0.717) is 11.6 Å². The van der Waals surface area contributed by atoms with Gasteiger partial charge >= 0.3 is 0 Å². The van der Waals surface area contributed by atoms with E-state index in [1.165, 1.54) is 17.3 Å². The average molecular weight is 369 g/mol. The summed E-state index contributed by atoms with van der Waals surface area (Å²) in [6.07, 6.45) is 5.31. The molecule has 0 atom stereocenters. The fourth-order valence-corrected chi connectivity index (χ4v) is 3.99. The zero-order valence-corrected chi connectivity index (χ0v) is 15.8. The molecule has 1 saturated carbocycles. The van der Waals surface area contributed by atoms with Gasteiger partial charge in [0.25, 0.3) is 0 Å². The van der Waals surface area contributed by atoms with Gasteiger partial charge < -0.3 is 9.88 Å². The first-order valence-corrected chi connectivity index (χ1v) is 9.88. The highest BCUT2D eigenvalue weighted by atomic mass is 32.2. The van der Waals surface area contributed by atoms with Crippen LogP contribution in [0.4, 0.5) is 0 Å². The molecule has 1 aromatic carbocycles. The predicted molar refractivity (Wildman–Crippen MR) is 101 cm³/mol. The maximum atomic E-state index is 12.3. The van der Waals surface area contributed by atoms with E-state index in [1.54, 1.807) is 0 Å². The number of hydrogen-bond donors (Lipinski definition) is 1. The fraction of sp³-hybridized carbons (Fsp3) is 0.474. The Balaban J connectivity index is 1.56. The number of nitrogens with zero attached hydrogens (tertiary/aromatic N) is 4. The summed E-state index contributed by atoms with van der Waals surface area (Å²) in [6, 6.07) is 12.4. The zero-order valence-electron chi connectivity index (χ0n) is 14.9. The van der Waals surface area contributed by atoms with E-state index in [-0.39, 0.29) is 11.7 Å². The lowest BCUT2D eigenvalue weighted by Crippen LogP contribution is -2.49.